The first kappa shape index (κ1) is 14.7. The van der Waals surface area contributed by atoms with Crippen LogP contribution in [-0.2, 0) is 23.1 Å². The van der Waals surface area contributed by atoms with Gasteiger partial charge < -0.3 is 5.73 Å². The predicted octanol–water partition coefficient (Wildman–Crippen LogP) is 0.629. The van der Waals surface area contributed by atoms with Crippen LogP contribution in [0.2, 0.25) is 0 Å². The van der Waals surface area contributed by atoms with Gasteiger partial charge in [-0.2, -0.15) is 5.10 Å². The molecule has 0 atom stereocenters. The van der Waals surface area contributed by atoms with E-state index in [9.17, 15) is 8.42 Å². The average molecular weight is 294 g/mol. The Hall–Kier alpha value is -1.70. The Morgan fingerprint density at radius 3 is 2.80 bits per heavy atom. The minimum absolute atomic E-state index is 0.287. The standard InChI is InChI=1S/C13H18N4O2S/c1-11-9-12(10-14)3-4-13(11)20(18,19)16-6-8-17-7-2-5-15-17/h2-5,7,9,16H,6,8,10,14H2,1H3. The summed E-state index contributed by atoms with van der Waals surface area (Å²) in [6, 6.07) is 6.91. The lowest BCUT2D eigenvalue weighted by atomic mass is 10.1. The van der Waals surface area contributed by atoms with Crippen LogP contribution in [-0.4, -0.2) is 24.7 Å². The third-order valence-electron chi connectivity index (χ3n) is 2.96. The van der Waals surface area contributed by atoms with Gasteiger partial charge >= 0.3 is 0 Å². The summed E-state index contributed by atoms with van der Waals surface area (Å²) in [6.45, 7) is 2.95. The molecule has 3 N–H and O–H groups in total. The number of hydrogen-bond donors (Lipinski definition) is 2. The summed E-state index contributed by atoms with van der Waals surface area (Å²) in [5.41, 5.74) is 7.15. The van der Waals surface area contributed by atoms with Crippen LogP contribution in [0.25, 0.3) is 0 Å². The number of sulfonamides is 1. The largest absolute Gasteiger partial charge is 0.326 e. The number of aromatic nitrogens is 2. The van der Waals surface area contributed by atoms with Gasteiger partial charge in [0.05, 0.1) is 11.4 Å². The first-order valence-electron chi connectivity index (χ1n) is 6.29. The smallest absolute Gasteiger partial charge is 0.240 e. The van der Waals surface area contributed by atoms with Crippen molar-refractivity contribution in [3.05, 3.63) is 47.8 Å². The molecule has 0 aliphatic carbocycles. The van der Waals surface area contributed by atoms with E-state index in [0.29, 0.717) is 25.2 Å². The molecule has 0 radical (unpaired) electrons. The number of hydrogen-bond acceptors (Lipinski definition) is 4. The van der Waals surface area contributed by atoms with E-state index in [1.54, 1.807) is 48.3 Å². The van der Waals surface area contributed by atoms with Crippen molar-refractivity contribution in [1.29, 1.82) is 0 Å². The van der Waals surface area contributed by atoms with Crippen molar-refractivity contribution >= 4 is 10.0 Å². The van der Waals surface area contributed by atoms with Crippen molar-refractivity contribution in [2.24, 2.45) is 5.73 Å². The van der Waals surface area contributed by atoms with Crippen molar-refractivity contribution in [1.82, 2.24) is 14.5 Å². The first-order valence-corrected chi connectivity index (χ1v) is 7.78. The Morgan fingerprint density at radius 1 is 1.40 bits per heavy atom. The highest BCUT2D eigenvalue weighted by Gasteiger charge is 2.16. The molecule has 7 heteroatoms. The topological polar surface area (TPSA) is 90.0 Å². The van der Waals surface area contributed by atoms with Crippen LogP contribution in [0.5, 0.6) is 0 Å². The molecule has 0 amide bonds. The Kier molecular flexibility index (Phi) is 4.53. The molecule has 2 aromatic rings. The highest BCUT2D eigenvalue weighted by molar-refractivity contribution is 7.89. The number of nitrogens with one attached hydrogen (secondary N) is 1. The predicted molar refractivity (Wildman–Crippen MR) is 76.5 cm³/mol. The summed E-state index contributed by atoms with van der Waals surface area (Å²) in [5.74, 6) is 0. The second-order valence-electron chi connectivity index (χ2n) is 4.47. The molecule has 0 bridgehead atoms. The van der Waals surface area contributed by atoms with Gasteiger partial charge in [0.2, 0.25) is 10.0 Å². The molecule has 0 spiro atoms. The van der Waals surface area contributed by atoms with E-state index in [1.165, 1.54) is 0 Å². The van der Waals surface area contributed by atoms with Gasteiger partial charge in [-0.1, -0.05) is 12.1 Å². The zero-order valence-electron chi connectivity index (χ0n) is 11.3. The summed E-state index contributed by atoms with van der Waals surface area (Å²) >= 11 is 0. The zero-order valence-corrected chi connectivity index (χ0v) is 12.1. The molecule has 6 nitrogen and oxygen atoms in total. The summed E-state index contributed by atoms with van der Waals surface area (Å²) < 4.78 is 28.7. The van der Waals surface area contributed by atoms with Crippen molar-refractivity contribution < 1.29 is 8.42 Å². The molecule has 0 aliphatic rings. The van der Waals surface area contributed by atoms with E-state index in [-0.39, 0.29) is 4.90 Å². The molecule has 0 saturated heterocycles. The van der Waals surface area contributed by atoms with Crippen LogP contribution >= 0.6 is 0 Å². The van der Waals surface area contributed by atoms with E-state index in [1.807, 2.05) is 0 Å². The number of nitrogens with zero attached hydrogens (tertiary/aromatic N) is 2. The summed E-state index contributed by atoms with van der Waals surface area (Å²) in [7, 11) is -3.50. The van der Waals surface area contributed by atoms with Crippen molar-refractivity contribution in [3.8, 4) is 0 Å². The van der Waals surface area contributed by atoms with E-state index < -0.39 is 10.0 Å². The molecule has 0 saturated carbocycles. The molecule has 1 heterocycles. The lowest BCUT2D eigenvalue weighted by Gasteiger charge is -2.10. The van der Waals surface area contributed by atoms with Crippen LogP contribution in [0.3, 0.4) is 0 Å². The van der Waals surface area contributed by atoms with Gasteiger partial charge in [0.1, 0.15) is 0 Å². The van der Waals surface area contributed by atoms with Crippen molar-refractivity contribution in [3.63, 3.8) is 0 Å². The van der Waals surface area contributed by atoms with Crippen LogP contribution in [0, 0.1) is 6.92 Å². The molecular formula is C13H18N4O2S. The van der Waals surface area contributed by atoms with Gasteiger partial charge in [-0.15, -0.1) is 0 Å². The highest BCUT2D eigenvalue weighted by atomic mass is 32.2. The molecule has 0 aliphatic heterocycles. The second kappa shape index (κ2) is 6.17. The zero-order chi connectivity index (χ0) is 14.6. The van der Waals surface area contributed by atoms with Crippen LogP contribution in [0.4, 0.5) is 0 Å². The number of benzene rings is 1. The minimum atomic E-state index is -3.50. The van der Waals surface area contributed by atoms with Gasteiger partial charge in [0, 0.05) is 25.5 Å². The van der Waals surface area contributed by atoms with Crippen LogP contribution < -0.4 is 10.5 Å². The summed E-state index contributed by atoms with van der Waals surface area (Å²) in [5, 5.41) is 4.02. The number of nitrogens with two attached hydrogens (primary N) is 1. The number of rotatable bonds is 6. The Balaban J connectivity index is 2.06. The van der Waals surface area contributed by atoms with Crippen LogP contribution in [0.1, 0.15) is 11.1 Å². The van der Waals surface area contributed by atoms with Gasteiger partial charge in [0.25, 0.3) is 0 Å². The van der Waals surface area contributed by atoms with Gasteiger partial charge in [-0.05, 0) is 30.2 Å². The molecule has 0 fully saturated rings. The Morgan fingerprint density at radius 2 is 2.20 bits per heavy atom. The van der Waals surface area contributed by atoms with Crippen LogP contribution in [0.15, 0.2) is 41.6 Å². The Labute approximate surface area is 118 Å². The molecule has 108 valence electrons. The third-order valence-corrected chi connectivity index (χ3v) is 4.58. The van der Waals surface area contributed by atoms with E-state index in [4.69, 9.17) is 5.73 Å². The summed E-state index contributed by atoms with van der Waals surface area (Å²) in [6.07, 6.45) is 3.44. The monoisotopic (exact) mass is 294 g/mol. The van der Waals surface area contributed by atoms with E-state index >= 15 is 0 Å². The second-order valence-corrected chi connectivity index (χ2v) is 6.21. The van der Waals surface area contributed by atoms with Gasteiger partial charge in [0.15, 0.2) is 0 Å². The maximum atomic E-state index is 12.2. The number of aryl methyl sites for hydroxylation is 1. The summed E-state index contributed by atoms with van der Waals surface area (Å²) in [4.78, 5) is 0.287. The Bertz CT molecular complexity index is 666. The molecule has 20 heavy (non-hydrogen) atoms. The fourth-order valence-electron chi connectivity index (χ4n) is 1.95. The maximum Gasteiger partial charge on any atom is 0.240 e. The molecule has 0 unspecified atom stereocenters. The quantitative estimate of drug-likeness (QED) is 0.817. The minimum Gasteiger partial charge on any atom is -0.326 e. The normalized spacial score (nSPS) is 11.7. The maximum absolute atomic E-state index is 12.2. The van der Waals surface area contributed by atoms with E-state index in [0.717, 1.165) is 5.56 Å². The van der Waals surface area contributed by atoms with Gasteiger partial charge in [-0.25, -0.2) is 13.1 Å². The molecule has 1 aromatic heterocycles. The molecular weight excluding hydrogens is 276 g/mol. The van der Waals surface area contributed by atoms with E-state index in [2.05, 4.69) is 9.82 Å². The third kappa shape index (κ3) is 3.44. The SMILES string of the molecule is Cc1cc(CN)ccc1S(=O)(=O)NCCn1cccn1. The first-order chi connectivity index (χ1) is 9.53. The lowest BCUT2D eigenvalue weighted by molar-refractivity contribution is 0.560. The van der Waals surface area contributed by atoms with Crippen molar-refractivity contribution in [2.45, 2.75) is 24.9 Å². The average Bonchev–Trinajstić information content (AvgIpc) is 2.91. The fourth-order valence-corrected chi connectivity index (χ4v) is 3.19. The van der Waals surface area contributed by atoms with Crippen molar-refractivity contribution in [2.75, 3.05) is 6.54 Å². The highest BCUT2D eigenvalue weighted by Crippen LogP contribution is 2.16. The fraction of sp³-hybridized carbons (Fsp3) is 0.308. The lowest BCUT2D eigenvalue weighted by Crippen LogP contribution is -2.28. The molecule has 2 rings (SSSR count). The molecule has 1 aromatic carbocycles. The van der Waals surface area contributed by atoms with Gasteiger partial charge in [-0.3, -0.25) is 4.68 Å².